The van der Waals surface area contributed by atoms with Crippen molar-refractivity contribution in [2.75, 3.05) is 0 Å². The van der Waals surface area contributed by atoms with Crippen molar-refractivity contribution in [3.8, 4) is 5.75 Å². The Morgan fingerprint density at radius 3 is 2.65 bits per heavy atom. The zero-order valence-electron chi connectivity index (χ0n) is 19.1. The number of fused-ring (bicyclic) bond motifs is 2. The van der Waals surface area contributed by atoms with Gasteiger partial charge in [0, 0.05) is 40.5 Å². The third-order valence-corrected chi connectivity index (χ3v) is 5.95. The third-order valence-electron chi connectivity index (χ3n) is 5.95. The van der Waals surface area contributed by atoms with E-state index in [4.69, 9.17) is 9.15 Å². The minimum atomic E-state index is -1.39. The van der Waals surface area contributed by atoms with Gasteiger partial charge in [0.25, 0.3) is 5.91 Å². The fourth-order valence-electron chi connectivity index (χ4n) is 4.07. The number of hydrogen-bond donors (Lipinski definition) is 2. The molecule has 0 aliphatic rings. The quantitative estimate of drug-likeness (QED) is 0.388. The van der Waals surface area contributed by atoms with Crippen molar-refractivity contribution >= 4 is 33.7 Å². The van der Waals surface area contributed by atoms with E-state index in [1.807, 2.05) is 31.2 Å². The number of aromatic amines is 1. The minimum Gasteiger partial charge on any atom is -0.548 e. The molecule has 176 valence electrons. The number of para-hydroxylation sites is 1. The maximum atomic E-state index is 12.8. The van der Waals surface area contributed by atoms with Crippen LogP contribution in [0.1, 0.15) is 30.5 Å². The van der Waals surface area contributed by atoms with Crippen LogP contribution in [-0.2, 0) is 22.4 Å². The number of aryl methyl sites for hydroxylation is 2. The summed E-state index contributed by atoms with van der Waals surface area (Å²) >= 11 is 0. The largest absolute Gasteiger partial charge is 0.548 e. The molecule has 2 aromatic carbocycles. The van der Waals surface area contributed by atoms with E-state index in [1.54, 1.807) is 25.3 Å². The number of nitrogens with one attached hydrogen (secondary N) is 2. The molecule has 8 heteroatoms. The zero-order valence-corrected chi connectivity index (χ0v) is 19.1. The van der Waals surface area contributed by atoms with E-state index in [0.29, 0.717) is 23.3 Å². The van der Waals surface area contributed by atoms with Crippen LogP contribution in [-0.4, -0.2) is 29.0 Å². The molecule has 1 amide bonds. The normalized spacial score (nSPS) is 13.0. The molecule has 0 unspecified atom stereocenters. The lowest BCUT2D eigenvalue weighted by Crippen LogP contribution is -2.52. The second kappa shape index (κ2) is 9.43. The molecule has 0 saturated heterocycles. The van der Waals surface area contributed by atoms with E-state index in [0.717, 1.165) is 27.4 Å². The summed E-state index contributed by atoms with van der Waals surface area (Å²) in [6.07, 6.45) is 1.46. The van der Waals surface area contributed by atoms with Crippen LogP contribution < -0.4 is 20.8 Å². The molecule has 34 heavy (non-hydrogen) atoms. The van der Waals surface area contributed by atoms with Crippen LogP contribution in [0.15, 0.2) is 57.9 Å². The van der Waals surface area contributed by atoms with E-state index < -0.39 is 29.6 Å². The van der Waals surface area contributed by atoms with Gasteiger partial charge in [0.2, 0.25) is 0 Å². The van der Waals surface area contributed by atoms with Crippen molar-refractivity contribution in [3.05, 3.63) is 75.8 Å². The Bertz CT molecular complexity index is 1430. The number of rotatable bonds is 8. The fraction of sp³-hybridized carbons (Fsp3) is 0.269. The number of amides is 1. The summed E-state index contributed by atoms with van der Waals surface area (Å²) < 4.78 is 11.2. The molecule has 0 fully saturated rings. The number of aromatic nitrogens is 1. The Morgan fingerprint density at radius 1 is 1.15 bits per heavy atom. The van der Waals surface area contributed by atoms with E-state index in [9.17, 15) is 19.5 Å². The van der Waals surface area contributed by atoms with Gasteiger partial charge in [-0.15, -0.1) is 0 Å². The van der Waals surface area contributed by atoms with Crippen LogP contribution in [0.25, 0.3) is 21.9 Å². The van der Waals surface area contributed by atoms with Crippen LogP contribution in [0.2, 0.25) is 0 Å². The zero-order chi connectivity index (χ0) is 24.4. The van der Waals surface area contributed by atoms with Gasteiger partial charge in [0.05, 0.1) is 12.0 Å². The average molecular weight is 461 g/mol. The number of hydrogen-bond acceptors (Lipinski definition) is 6. The molecular formula is C26H25N2O6-. The van der Waals surface area contributed by atoms with Crippen molar-refractivity contribution in [2.45, 2.75) is 45.8 Å². The summed E-state index contributed by atoms with van der Waals surface area (Å²) in [5.41, 5.74) is 3.03. The maximum absolute atomic E-state index is 12.8. The molecule has 0 spiro atoms. The molecule has 0 radical (unpaired) electrons. The summed E-state index contributed by atoms with van der Waals surface area (Å²) in [6.45, 7) is 5.21. The Labute approximate surface area is 195 Å². The maximum Gasteiger partial charge on any atom is 0.336 e. The van der Waals surface area contributed by atoms with Gasteiger partial charge in [-0.3, -0.25) is 4.79 Å². The number of carbonyl (C=O) groups excluding carboxylic acids is 2. The van der Waals surface area contributed by atoms with Gasteiger partial charge in [-0.05, 0) is 49.6 Å². The molecule has 0 saturated carbocycles. The van der Waals surface area contributed by atoms with Crippen LogP contribution in [0.5, 0.6) is 5.75 Å². The standard InChI is InChI=1S/C26H26N2O6/c1-4-16-12-23(29)34-24-14(2)22(10-9-19(16)24)33-15(3)25(30)28-21(26(31)32)11-17-13-27-20-8-6-5-7-18(17)20/h5-10,12-13,15,21,27H,4,11H2,1-3H3,(H,28,30)(H,31,32)/p-1/t15-,21+/m1/s1. The molecule has 2 atom stereocenters. The molecular weight excluding hydrogens is 436 g/mol. The number of H-pyrrole nitrogens is 1. The van der Waals surface area contributed by atoms with E-state index >= 15 is 0 Å². The smallest absolute Gasteiger partial charge is 0.336 e. The monoisotopic (exact) mass is 461 g/mol. The SMILES string of the molecule is CCc1cc(=O)oc2c(C)c(O[C@H](C)C(=O)N[C@@H](Cc3c[nH]c4ccccc34)C(=O)[O-])ccc12. The van der Waals surface area contributed by atoms with Crippen molar-refractivity contribution < 1.29 is 23.8 Å². The first-order valence-electron chi connectivity index (χ1n) is 11.1. The van der Waals surface area contributed by atoms with Crippen LogP contribution in [0.4, 0.5) is 0 Å². The Hall–Kier alpha value is -4.07. The van der Waals surface area contributed by atoms with Gasteiger partial charge >= 0.3 is 5.63 Å². The number of aliphatic carboxylic acids is 1. The fourth-order valence-corrected chi connectivity index (χ4v) is 4.07. The van der Waals surface area contributed by atoms with Gasteiger partial charge < -0.3 is 29.4 Å². The molecule has 0 aliphatic carbocycles. The van der Waals surface area contributed by atoms with E-state index in [2.05, 4.69) is 10.3 Å². The summed E-state index contributed by atoms with van der Waals surface area (Å²) in [5, 5.41) is 15.9. The summed E-state index contributed by atoms with van der Waals surface area (Å²) in [6, 6.07) is 11.2. The van der Waals surface area contributed by atoms with Crippen LogP contribution in [0, 0.1) is 6.92 Å². The second-order valence-electron chi connectivity index (χ2n) is 8.21. The number of carbonyl (C=O) groups is 2. The topological polar surface area (TPSA) is 124 Å². The molecule has 2 aromatic heterocycles. The van der Waals surface area contributed by atoms with Crippen molar-refractivity contribution in [1.29, 1.82) is 0 Å². The van der Waals surface area contributed by atoms with Crippen molar-refractivity contribution in [3.63, 3.8) is 0 Å². The van der Waals surface area contributed by atoms with Crippen LogP contribution in [0.3, 0.4) is 0 Å². The number of benzene rings is 2. The average Bonchev–Trinajstić information content (AvgIpc) is 3.22. The summed E-state index contributed by atoms with van der Waals surface area (Å²) in [7, 11) is 0. The number of ether oxygens (including phenoxy) is 1. The highest BCUT2D eigenvalue weighted by atomic mass is 16.5. The van der Waals surface area contributed by atoms with Gasteiger partial charge in [0.1, 0.15) is 11.3 Å². The highest BCUT2D eigenvalue weighted by Gasteiger charge is 2.22. The highest BCUT2D eigenvalue weighted by molar-refractivity contribution is 5.88. The Kier molecular flexibility index (Phi) is 6.40. The number of carboxylic acids is 1. The predicted molar refractivity (Wildman–Crippen MR) is 126 cm³/mol. The molecule has 0 bridgehead atoms. The summed E-state index contributed by atoms with van der Waals surface area (Å²) in [5.74, 6) is -1.62. The molecule has 4 aromatic rings. The molecule has 0 aliphatic heterocycles. The van der Waals surface area contributed by atoms with E-state index in [1.165, 1.54) is 13.0 Å². The van der Waals surface area contributed by atoms with Gasteiger partial charge in [-0.2, -0.15) is 0 Å². The Morgan fingerprint density at radius 2 is 1.91 bits per heavy atom. The first-order chi connectivity index (χ1) is 16.3. The molecule has 2 heterocycles. The lowest BCUT2D eigenvalue weighted by atomic mass is 10.0. The highest BCUT2D eigenvalue weighted by Crippen LogP contribution is 2.29. The first kappa shape index (κ1) is 23.1. The Balaban J connectivity index is 1.51. The van der Waals surface area contributed by atoms with Gasteiger partial charge in [-0.1, -0.05) is 25.1 Å². The van der Waals surface area contributed by atoms with Crippen molar-refractivity contribution in [2.24, 2.45) is 0 Å². The molecule has 8 nitrogen and oxygen atoms in total. The van der Waals surface area contributed by atoms with Crippen molar-refractivity contribution in [1.82, 2.24) is 10.3 Å². The lowest BCUT2D eigenvalue weighted by molar-refractivity contribution is -0.308. The second-order valence-corrected chi connectivity index (χ2v) is 8.21. The third kappa shape index (κ3) is 4.52. The van der Waals surface area contributed by atoms with E-state index in [-0.39, 0.29) is 6.42 Å². The molecule has 4 rings (SSSR count). The van der Waals surface area contributed by atoms with Gasteiger partial charge in [-0.25, -0.2) is 4.79 Å². The predicted octanol–water partition coefficient (Wildman–Crippen LogP) is 2.39. The summed E-state index contributed by atoms with van der Waals surface area (Å²) in [4.78, 5) is 39.5. The minimum absolute atomic E-state index is 0.0603. The van der Waals surface area contributed by atoms with Gasteiger partial charge in [0.15, 0.2) is 6.10 Å². The lowest BCUT2D eigenvalue weighted by Gasteiger charge is -2.23. The van der Waals surface area contributed by atoms with Crippen LogP contribution >= 0.6 is 0 Å². The number of carboxylic acid groups (broad SMARTS) is 1. The first-order valence-corrected chi connectivity index (χ1v) is 11.1. The molecule has 2 N–H and O–H groups in total.